The topological polar surface area (TPSA) is 116 Å². The minimum atomic E-state index is -4.73. The summed E-state index contributed by atoms with van der Waals surface area (Å²) in [5.74, 6) is -1.88. The molecule has 30 heavy (non-hydrogen) atoms. The molecule has 4 rings (SSSR count). The summed E-state index contributed by atoms with van der Waals surface area (Å²) < 4.78 is 64.8. The molecule has 0 unspecified atom stereocenters. The highest BCUT2D eigenvalue weighted by molar-refractivity contribution is 7.91. The van der Waals surface area contributed by atoms with Gasteiger partial charge in [-0.2, -0.15) is 18.2 Å². The van der Waals surface area contributed by atoms with Gasteiger partial charge in [0.2, 0.25) is 0 Å². The van der Waals surface area contributed by atoms with Crippen LogP contribution in [0, 0.1) is 0 Å². The van der Waals surface area contributed by atoms with Crippen molar-refractivity contribution in [3.05, 3.63) is 49.1 Å². The lowest BCUT2D eigenvalue weighted by Crippen LogP contribution is -2.08. The molecule has 0 saturated heterocycles. The third-order valence-electron chi connectivity index (χ3n) is 4.17. The fourth-order valence-electron chi connectivity index (χ4n) is 2.67. The number of hydrogen-bond acceptors (Lipinski definition) is 8. The lowest BCUT2D eigenvalue weighted by Gasteiger charge is -2.10. The fourth-order valence-corrected chi connectivity index (χ4v) is 3.73. The van der Waals surface area contributed by atoms with Crippen LogP contribution in [-0.4, -0.2) is 48.7 Å². The van der Waals surface area contributed by atoms with E-state index in [2.05, 4.69) is 30.0 Å². The smallest absolute Gasteiger partial charge is 0.253 e. The molecule has 0 atom stereocenters. The Bertz CT molecular complexity index is 1340. The monoisotopic (exact) mass is 435 g/mol. The molecule has 0 amide bonds. The molecule has 0 bridgehead atoms. The van der Waals surface area contributed by atoms with E-state index in [0.29, 0.717) is 11.1 Å². The SMILES string of the molecule is CCS(=O)(=O)c1cc(-c2cncnc2)cnc1-c1ccn2nc(C(F)(F)F)nc2n1. The molecule has 0 aliphatic heterocycles. The van der Waals surface area contributed by atoms with E-state index in [-0.39, 0.29) is 27.8 Å². The molecular formula is C17H12F3N7O2S. The van der Waals surface area contributed by atoms with Gasteiger partial charge in [0.15, 0.2) is 9.84 Å². The fraction of sp³-hybridized carbons (Fsp3) is 0.176. The number of sulfone groups is 1. The van der Waals surface area contributed by atoms with Crippen LogP contribution in [0.15, 0.2) is 48.1 Å². The van der Waals surface area contributed by atoms with Crippen molar-refractivity contribution in [1.29, 1.82) is 0 Å². The van der Waals surface area contributed by atoms with Crippen LogP contribution < -0.4 is 0 Å². The highest BCUT2D eigenvalue weighted by Crippen LogP contribution is 2.30. The maximum Gasteiger partial charge on any atom is 0.453 e. The van der Waals surface area contributed by atoms with Gasteiger partial charge in [-0.05, 0) is 12.1 Å². The molecule has 0 radical (unpaired) electrons. The molecule has 4 aromatic rings. The lowest BCUT2D eigenvalue weighted by atomic mass is 10.1. The number of hydrogen-bond donors (Lipinski definition) is 0. The van der Waals surface area contributed by atoms with E-state index in [1.54, 1.807) is 0 Å². The Morgan fingerprint density at radius 1 is 1.07 bits per heavy atom. The molecule has 0 aromatic carbocycles. The van der Waals surface area contributed by atoms with E-state index in [4.69, 9.17) is 0 Å². The van der Waals surface area contributed by atoms with Crippen LogP contribution in [0.3, 0.4) is 0 Å². The standard InChI is InChI=1S/C17H12F3N7O2S/c1-2-30(28,29)13-5-10(11-6-21-9-22-7-11)8-23-14(13)12-3-4-27-16(24-12)25-15(26-27)17(18,19)20/h3-9H,2H2,1H3. The summed E-state index contributed by atoms with van der Waals surface area (Å²) in [7, 11) is -3.74. The molecular weight excluding hydrogens is 423 g/mol. The Morgan fingerprint density at radius 2 is 1.80 bits per heavy atom. The van der Waals surface area contributed by atoms with Gasteiger partial charge in [-0.25, -0.2) is 27.9 Å². The zero-order valence-electron chi connectivity index (χ0n) is 15.2. The second kappa shape index (κ2) is 7.09. The average molecular weight is 435 g/mol. The van der Waals surface area contributed by atoms with Gasteiger partial charge in [-0.3, -0.25) is 4.98 Å². The van der Waals surface area contributed by atoms with Crippen molar-refractivity contribution in [3.8, 4) is 22.5 Å². The Balaban J connectivity index is 1.89. The number of fused-ring (bicyclic) bond motifs is 1. The minimum absolute atomic E-state index is 0.00323. The minimum Gasteiger partial charge on any atom is -0.253 e. The molecule has 0 saturated carbocycles. The summed E-state index contributed by atoms with van der Waals surface area (Å²) in [4.78, 5) is 19.3. The number of alkyl halides is 3. The van der Waals surface area contributed by atoms with Crippen molar-refractivity contribution < 1.29 is 21.6 Å². The highest BCUT2D eigenvalue weighted by Gasteiger charge is 2.36. The summed E-state index contributed by atoms with van der Waals surface area (Å²) >= 11 is 0. The molecule has 154 valence electrons. The van der Waals surface area contributed by atoms with Crippen LogP contribution in [-0.2, 0) is 16.0 Å². The molecule has 0 N–H and O–H groups in total. The summed E-state index contributed by atoms with van der Waals surface area (Å²) in [6, 6.07) is 2.74. The van der Waals surface area contributed by atoms with Crippen molar-refractivity contribution in [3.63, 3.8) is 0 Å². The van der Waals surface area contributed by atoms with Crippen molar-refractivity contribution in [2.24, 2.45) is 0 Å². The predicted molar refractivity (Wildman–Crippen MR) is 97.8 cm³/mol. The van der Waals surface area contributed by atoms with Crippen molar-refractivity contribution in [1.82, 2.24) is 34.5 Å². The normalized spacial score (nSPS) is 12.4. The van der Waals surface area contributed by atoms with Crippen LogP contribution in [0.2, 0.25) is 0 Å². The van der Waals surface area contributed by atoms with Gasteiger partial charge >= 0.3 is 6.18 Å². The quantitative estimate of drug-likeness (QED) is 0.480. The molecule has 0 aliphatic carbocycles. The maximum absolute atomic E-state index is 12.9. The van der Waals surface area contributed by atoms with Crippen molar-refractivity contribution in [2.75, 3.05) is 5.75 Å². The van der Waals surface area contributed by atoms with Gasteiger partial charge in [0.25, 0.3) is 11.6 Å². The van der Waals surface area contributed by atoms with E-state index in [1.165, 1.54) is 50.2 Å². The molecule has 0 fully saturated rings. The number of pyridine rings is 1. The maximum atomic E-state index is 12.9. The van der Waals surface area contributed by atoms with Crippen LogP contribution in [0.5, 0.6) is 0 Å². The second-order valence-electron chi connectivity index (χ2n) is 6.09. The van der Waals surface area contributed by atoms with Gasteiger partial charge in [-0.15, -0.1) is 5.10 Å². The molecule has 9 nitrogen and oxygen atoms in total. The van der Waals surface area contributed by atoms with Gasteiger partial charge in [-0.1, -0.05) is 6.92 Å². The molecule has 4 heterocycles. The largest absolute Gasteiger partial charge is 0.453 e. The number of nitrogens with zero attached hydrogens (tertiary/aromatic N) is 7. The summed E-state index contributed by atoms with van der Waals surface area (Å²) in [5, 5.41) is 3.33. The first-order valence-corrected chi connectivity index (χ1v) is 10.1. The summed E-state index contributed by atoms with van der Waals surface area (Å²) in [6.45, 7) is 1.47. The average Bonchev–Trinajstić information content (AvgIpc) is 3.18. The third-order valence-corrected chi connectivity index (χ3v) is 5.91. The van der Waals surface area contributed by atoms with E-state index < -0.39 is 21.8 Å². The van der Waals surface area contributed by atoms with Crippen LogP contribution in [0.25, 0.3) is 28.3 Å². The van der Waals surface area contributed by atoms with Crippen LogP contribution in [0.4, 0.5) is 13.2 Å². The van der Waals surface area contributed by atoms with Crippen LogP contribution in [0.1, 0.15) is 12.7 Å². The van der Waals surface area contributed by atoms with E-state index >= 15 is 0 Å². The number of rotatable bonds is 4. The van der Waals surface area contributed by atoms with Crippen molar-refractivity contribution in [2.45, 2.75) is 18.0 Å². The van der Waals surface area contributed by atoms with Gasteiger partial charge in [0, 0.05) is 35.9 Å². The van der Waals surface area contributed by atoms with E-state index in [9.17, 15) is 21.6 Å². The summed E-state index contributed by atoms with van der Waals surface area (Å²) in [6.07, 6.45) is 2.24. The molecule has 0 spiro atoms. The Labute approximate surface area is 167 Å². The zero-order valence-corrected chi connectivity index (χ0v) is 16.1. The second-order valence-corrected chi connectivity index (χ2v) is 8.34. The van der Waals surface area contributed by atoms with Crippen molar-refractivity contribution >= 4 is 15.6 Å². The Kier molecular flexibility index (Phi) is 4.68. The van der Waals surface area contributed by atoms with Gasteiger partial charge in [0.1, 0.15) is 12.0 Å². The zero-order chi connectivity index (χ0) is 21.5. The molecule has 4 aromatic heterocycles. The first-order chi connectivity index (χ1) is 14.2. The Morgan fingerprint density at radius 3 is 2.47 bits per heavy atom. The van der Waals surface area contributed by atoms with E-state index in [1.807, 2.05) is 0 Å². The predicted octanol–water partition coefficient (Wildman–Crippen LogP) is 2.46. The highest BCUT2D eigenvalue weighted by atomic mass is 32.2. The van der Waals surface area contributed by atoms with E-state index in [0.717, 1.165) is 4.52 Å². The third kappa shape index (κ3) is 3.58. The number of halogens is 3. The Hall–Kier alpha value is -3.48. The first-order valence-electron chi connectivity index (χ1n) is 8.48. The molecule has 13 heteroatoms. The van der Waals surface area contributed by atoms with Gasteiger partial charge in [0.05, 0.1) is 16.3 Å². The first kappa shape index (κ1) is 19.8. The molecule has 0 aliphatic rings. The summed E-state index contributed by atoms with van der Waals surface area (Å²) in [5.41, 5.74) is 1.07. The van der Waals surface area contributed by atoms with Crippen LogP contribution >= 0.6 is 0 Å². The lowest BCUT2D eigenvalue weighted by molar-refractivity contribution is -0.144. The number of aromatic nitrogens is 7. The van der Waals surface area contributed by atoms with Gasteiger partial charge < -0.3 is 0 Å².